The molecule has 0 bridgehead atoms. The van der Waals surface area contributed by atoms with Crippen LogP contribution < -0.4 is 10.6 Å². The van der Waals surface area contributed by atoms with Gasteiger partial charge in [0.05, 0.1) is 19.3 Å². The van der Waals surface area contributed by atoms with Crippen molar-refractivity contribution in [1.29, 1.82) is 0 Å². The van der Waals surface area contributed by atoms with E-state index >= 15 is 0 Å². The number of nitrogens with one attached hydrogen (secondary N) is 2. The minimum atomic E-state index is -1.02. The molecule has 0 aromatic carbocycles. The summed E-state index contributed by atoms with van der Waals surface area (Å²) in [5.74, 6) is -1.10. The predicted octanol–water partition coefficient (Wildman–Crippen LogP) is -0.798. The third kappa shape index (κ3) is 2.70. The molecule has 6 heteroatoms. The van der Waals surface area contributed by atoms with Gasteiger partial charge >= 0.3 is 5.97 Å². The van der Waals surface area contributed by atoms with E-state index in [0.717, 1.165) is 0 Å². The highest BCUT2D eigenvalue weighted by Crippen LogP contribution is 2.28. The highest BCUT2D eigenvalue weighted by atomic mass is 16.5. The Hall–Kier alpha value is -1.14. The molecule has 1 fully saturated rings. The molecule has 92 valence electrons. The summed E-state index contributed by atoms with van der Waals surface area (Å²) in [6.07, 6.45) is 0.336. The van der Waals surface area contributed by atoms with Gasteiger partial charge in [0.2, 0.25) is 5.91 Å². The first-order valence-corrected chi connectivity index (χ1v) is 5.26. The lowest BCUT2D eigenvalue weighted by Gasteiger charge is -2.25. The number of carbonyl (C=O) groups is 2. The third-order valence-electron chi connectivity index (χ3n) is 2.88. The fourth-order valence-corrected chi connectivity index (χ4v) is 1.59. The molecule has 0 spiro atoms. The summed E-state index contributed by atoms with van der Waals surface area (Å²) < 4.78 is 5.13. The summed E-state index contributed by atoms with van der Waals surface area (Å²) in [4.78, 5) is 22.6. The number of carboxylic acid groups (broad SMARTS) is 1. The standard InChI is InChI=1S/C10H18N2O4/c1-10(9(14)15)6-16-5-7(10)12-8(13)3-4-11-2/h7,11H,3-6H2,1-2H3,(H,12,13)(H,14,15). The quantitative estimate of drug-likeness (QED) is 0.575. The molecule has 3 N–H and O–H groups in total. The molecule has 1 aliphatic heterocycles. The molecule has 16 heavy (non-hydrogen) atoms. The molecule has 0 aromatic heterocycles. The van der Waals surface area contributed by atoms with E-state index < -0.39 is 17.4 Å². The normalized spacial score (nSPS) is 29.0. The maximum Gasteiger partial charge on any atom is 0.313 e. The molecule has 0 aromatic rings. The SMILES string of the molecule is CNCCC(=O)NC1COCC1(C)C(=O)O. The van der Waals surface area contributed by atoms with Crippen LogP contribution in [-0.4, -0.2) is 49.8 Å². The van der Waals surface area contributed by atoms with Gasteiger partial charge in [0, 0.05) is 13.0 Å². The van der Waals surface area contributed by atoms with Crippen molar-refractivity contribution in [3.8, 4) is 0 Å². The van der Waals surface area contributed by atoms with E-state index in [-0.39, 0.29) is 19.1 Å². The van der Waals surface area contributed by atoms with Crippen molar-refractivity contribution in [3.63, 3.8) is 0 Å². The van der Waals surface area contributed by atoms with E-state index in [9.17, 15) is 9.59 Å². The van der Waals surface area contributed by atoms with Crippen molar-refractivity contribution in [2.24, 2.45) is 5.41 Å². The molecule has 1 rings (SSSR count). The van der Waals surface area contributed by atoms with Crippen LogP contribution >= 0.6 is 0 Å². The van der Waals surface area contributed by atoms with Gasteiger partial charge in [-0.3, -0.25) is 9.59 Å². The second kappa shape index (κ2) is 5.27. The van der Waals surface area contributed by atoms with Crippen molar-refractivity contribution in [1.82, 2.24) is 10.6 Å². The molecule has 1 aliphatic rings. The molecule has 2 unspecified atom stereocenters. The van der Waals surface area contributed by atoms with E-state index in [2.05, 4.69) is 10.6 Å². The molecular formula is C10H18N2O4. The van der Waals surface area contributed by atoms with E-state index in [1.165, 1.54) is 0 Å². The van der Waals surface area contributed by atoms with Crippen molar-refractivity contribution < 1.29 is 19.4 Å². The van der Waals surface area contributed by atoms with Crippen LogP contribution in [-0.2, 0) is 14.3 Å². The number of carbonyl (C=O) groups excluding carboxylic acids is 1. The Kier molecular flexibility index (Phi) is 4.26. The van der Waals surface area contributed by atoms with Gasteiger partial charge in [0.25, 0.3) is 0 Å². The van der Waals surface area contributed by atoms with Gasteiger partial charge in [0.1, 0.15) is 5.41 Å². The number of hydrogen-bond acceptors (Lipinski definition) is 4. The number of aliphatic carboxylic acids is 1. The number of rotatable bonds is 5. The third-order valence-corrected chi connectivity index (χ3v) is 2.88. The van der Waals surface area contributed by atoms with Crippen molar-refractivity contribution in [2.45, 2.75) is 19.4 Å². The van der Waals surface area contributed by atoms with Crippen LogP contribution in [0.15, 0.2) is 0 Å². The van der Waals surface area contributed by atoms with Crippen LogP contribution in [0, 0.1) is 5.41 Å². The topological polar surface area (TPSA) is 87.7 Å². The molecule has 0 saturated carbocycles. The minimum absolute atomic E-state index is 0.138. The lowest BCUT2D eigenvalue weighted by atomic mass is 9.85. The second-order valence-corrected chi connectivity index (χ2v) is 4.21. The minimum Gasteiger partial charge on any atom is -0.481 e. The van der Waals surface area contributed by atoms with Crippen LogP contribution in [0.2, 0.25) is 0 Å². The smallest absolute Gasteiger partial charge is 0.313 e. The fraction of sp³-hybridized carbons (Fsp3) is 0.800. The lowest BCUT2D eigenvalue weighted by Crippen LogP contribution is -2.50. The van der Waals surface area contributed by atoms with Gasteiger partial charge in [0.15, 0.2) is 0 Å². The number of carboxylic acids is 1. The Balaban J connectivity index is 2.53. The summed E-state index contributed by atoms with van der Waals surface area (Å²) in [5, 5.41) is 14.6. The maximum atomic E-state index is 11.5. The van der Waals surface area contributed by atoms with Crippen molar-refractivity contribution >= 4 is 11.9 Å². The predicted molar refractivity (Wildman–Crippen MR) is 57.0 cm³/mol. The van der Waals surface area contributed by atoms with Gasteiger partial charge in [-0.1, -0.05) is 0 Å². The van der Waals surface area contributed by atoms with Gasteiger partial charge in [-0.15, -0.1) is 0 Å². The molecular weight excluding hydrogens is 212 g/mol. The lowest BCUT2D eigenvalue weighted by molar-refractivity contribution is -0.149. The van der Waals surface area contributed by atoms with Crippen LogP contribution in [0.5, 0.6) is 0 Å². The molecule has 6 nitrogen and oxygen atoms in total. The fourth-order valence-electron chi connectivity index (χ4n) is 1.59. The van der Waals surface area contributed by atoms with E-state index in [1.54, 1.807) is 14.0 Å². The molecule has 1 amide bonds. The summed E-state index contributed by atoms with van der Waals surface area (Å²) in [6, 6.07) is -0.450. The molecule has 1 saturated heterocycles. The zero-order valence-corrected chi connectivity index (χ0v) is 9.58. The van der Waals surface area contributed by atoms with Gasteiger partial charge in [-0.25, -0.2) is 0 Å². The van der Waals surface area contributed by atoms with Crippen LogP contribution in [0.25, 0.3) is 0 Å². The first-order valence-electron chi connectivity index (χ1n) is 5.26. The van der Waals surface area contributed by atoms with Gasteiger partial charge in [-0.05, 0) is 14.0 Å². The van der Waals surface area contributed by atoms with Gasteiger partial charge in [-0.2, -0.15) is 0 Å². The van der Waals surface area contributed by atoms with Crippen LogP contribution in [0.3, 0.4) is 0 Å². The van der Waals surface area contributed by atoms with E-state index in [0.29, 0.717) is 13.0 Å². The Bertz CT molecular complexity index is 282. The largest absolute Gasteiger partial charge is 0.481 e. The van der Waals surface area contributed by atoms with Crippen LogP contribution in [0.1, 0.15) is 13.3 Å². The summed E-state index contributed by atoms with van der Waals surface area (Å²) in [6.45, 7) is 2.56. The summed E-state index contributed by atoms with van der Waals surface area (Å²) >= 11 is 0. The zero-order chi connectivity index (χ0) is 12.2. The molecule has 2 atom stereocenters. The summed E-state index contributed by atoms with van der Waals surface area (Å²) in [7, 11) is 1.76. The highest BCUT2D eigenvalue weighted by molar-refractivity contribution is 5.80. The first kappa shape index (κ1) is 12.9. The average Bonchev–Trinajstić information content (AvgIpc) is 2.59. The summed E-state index contributed by atoms with van der Waals surface area (Å²) in [5.41, 5.74) is -1.02. The maximum absolute atomic E-state index is 11.5. The Morgan fingerprint density at radius 2 is 2.25 bits per heavy atom. The average molecular weight is 230 g/mol. The molecule has 0 aliphatic carbocycles. The van der Waals surface area contributed by atoms with Crippen molar-refractivity contribution in [3.05, 3.63) is 0 Å². The Morgan fingerprint density at radius 1 is 1.56 bits per heavy atom. The second-order valence-electron chi connectivity index (χ2n) is 4.21. The van der Waals surface area contributed by atoms with E-state index in [1.807, 2.05) is 0 Å². The van der Waals surface area contributed by atoms with Crippen molar-refractivity contribution in [2.75, 3.05) is 26.8 Å². The molecule has 0 radical (unpaired) electrons. The number of ether oxygens (including phenoxy) is 1. The highest BCUT2D eigenvalue weighted by Gasteiger charge is 2.47. The van der Waals surface area contributed by atoms with Crippen LogP contribution in [0.4, 0.5) is 0 Å². The van der Waals surface area contributed by atoms with E-state index in [4.69, 9.17) is 9.84 Å². The zero-order valence-electron chi connectivity index (χ0n) is 9.58. The monoisotopic (exact) mass is 230 g/mol. The number of amides is 1. The Labute approximate surface area is 94.3 Å². The Morgan fingerprint density at radius 3 is 2.81 bits per heavy atom. The number of hydrogen-bond donors (Lipinski definition) is 3. The first-order chi connectivity index (χ1) is 7.50. The molecule has 1 heterocycles. The van der Waals surface area contributed by atoms with Gasteiger partial charge < -0.3 is 20.5 Å².